The lowest BCUT2D eigenvalue weighted by molar-refractivity contribution is -0.143. The molecule has 1 fully saturated rings. The molecule has 1 amide bonds. The minimum atomic E-state index is -0.874. The molecule has 5 nitrogen and oxygen atoms in total. The number of rotatable bonds is 1. The largest absolute Gasteiger partial charge is 0.443 e. The predicted octanol–water partition coefficient (Wildman–Crippen LogP) is 1.37. The van der Waals surface area contributed by atoms with Gasteiger partial charge in [0.25, 0.3) is 0 Å². The van der Waals surface area contributed by atoms with Gasteiger partial charge >= 0.3 is 6.09 Å². The lowest BCUT2D eigenvalue weighted by atomic mass is 9.62. The second-order valence-electron chi connectivity index (χ2n) is 5.06. The van der Waals surface area contributed by atoms with Crippen molar-refractivity contribution in [3.05, 3.63) is 0 Å². The molecule has 0 radical (unpaired) electrons. The maximum atomic E-state index is 11.6. The topological polar surface area (TPSA) is 93.2 Å². The molecular formula is C11H16N2O3. The Hall–Kier alpha value is -1.57. The highest BCUT2D eigenvalue weighted by molar-refractivity contribution is 5.85. The molecule has 88 valence electrons. The average molecular weight is 224 g/mol. The Kier molecular flexibility index (Phi) is 2.95. The maximum Gasteiger partial charge on any atom is 0.405 e. The fourth-order valence-electron chi connectivity index (χ4n) is 2.04. The van der Waals surface area contributed by atoms with Crippen LogP contribution >= 0.6 is 0 Å². The Balaban J connectivity index is 3.02. The molecule has 1 aliphatic carbocycles. The monoisotopic (exact) mass is 224 g/mol. The van der Waals surface area contributed by atoms with Gasteiger partial charge in [-0.25, -0.2) is 4.79 Å². The van der Waals surface area contributed by atoms with Gasteiger partial charge < -0.3 is 10.5 Å². The maximum absolute atomic E-state index is 11.6. The van der Waals surface area contributed by atoms with E-state index in [1.807, 2.05) is 19.9 Å². The van der Waals surface area contributed by atoms with Crippen LogP contribution in [0.15, 0.2) is 0 Å². The third-order valence-electron chi connectivity index (χ3n) is 3.51. The highest BCUT2D eigenvalue weighted by Crippen LogP contribution is 2.46. The highest BCUT2D eigenvalue weighted by Gasteiger charge is 2.52. The van der Waals surface area contributed by atoms with Crippen LogP contribution in [0.3, 0.4) is 0 Å². The Morgan fingerprint density at radius 2 is 2.12 bits per heavy atom. The minimum Gasteiger partial charge on any atom is -0.443 e. The van der Waals surface area contributed by atoms with Crippen molar-refractivity contribution in [1.29, 1.82) is 5.26 Å². The fourth-order valence-corrected chi connectivity index (χ4v) is 2.04. The van der Waals surface area contributed by atoms with Crippen LogP contribution in [0.4, 0.5) is 4.79 Å². The number of ketones is 1. The Bertz CT molecular complexity index is 370. The number of Topliss-reactive ketones (excluding diaryl/α,β-unsaturated/α-hetero) is 1. The molecule has 2 N–H and O–H groups in total. The first-order chi connectivity index (χ1) is 7.22. The van der Waals surface area contributed by atoms with E-state index in [1.54, 1.807) is 6.92 Å². The molecule has 0 aromatic carbocycles. The lowest BCUT2D eigenvalue weighted by Crippen LogP contribution is -2.53. The molecule has 2 unspecified atom stereocenters. The zero-order chi connectivity index (χ0) is 12.6. The van der Waals surface area contributed by atoms with Crippen LogP contribution in [0, 0.1) is 22.7 Å². The van der Waals surface area contributed by atoms with Crippen LogP contribution in [-0.2, 0) is 9.53 Å². The summed E-state index contributed by atoms with van der Waals surface area (Å²) in [5, 5.41) is 8.86. The van der Waals surface area contributed by atoms with E-state index in [-0.39, 0.29) is 18.6 Å². The molecule has 1 saturated carbocycles. The lowest BCUT2D eigenvalue weighted by Gasteiger charge is -2.47. The summed E-state index contributed by atoms with van der Waals surface area (Å²) in [6.45, 7) is 5.39. The Morgan fingerprint density at radius 3 is 2.56 bits per heavy atom. The number of hydrogen-bond acceptors (Lipinski definition) is 4. The first-order valence-electron chi connectivity index (χ1n) is 5.13. The summed E-state index contributed by atoms with van der Waals surface area (Å²) in [6.07, 6.45) is -0.450. The van der Waals surface area contributed by atoms with E-state index in [4.69, 9.17) is 15.7 Å². The van der Waals surface area contributed by atoms with Crippen LogP contribution in [-0.4, -0.2) is 17.5 Å². The number of ether oxygens (including phenoxy) is 1. The van der Waals surface area contributed by atoms with Crippen molar-refractivity contribution >= 4 is 11.9 Å². The quantitative estimate of drug-likeness (QED) is 0.727. The molecule has 1 aliphatic rings. The molecule has 16 heavy (non-hydrogen) atoms. The number of nitrogens with zero attached hydrogens (tertiary/aromatic N) is 1. The van der Waals surface area contributed by atoms with E-state index in [0.717, 1.165) is 0 Å². The summed E-state index contributed by atoms with van der Waals surface area (Å²) >= 11 is 0. The van der Waals surface area contributed by atoms with Crippen molar-refractivity contribution < 1.29 is 14.3 Å². The van der Waals surface area contributed by atoms with Gasteiger partial charge in [0.15, 0.2) is 5.78 Å². The average Bonchev–Trinajstić information content (AvgIpc) is 2.10. The van der Waals surface area contributed by atoms with E-state index in [9.17, 15) is 9.59 Å². The number of hydrogen-bond donors (Lipinski definition) is 1. The van der Waals surface area contributed by atoms with E-state index in [1.165, 1.54) is 0 Å². The number of nitriles is 1. The normalized spacial score (nSPS) is 32.9. The van der Waals surface area contributed by atoms with Crippen molar-refractivity contribution in [2.75, 3.05) is 0 Å². The van der Waals surface area contributed by atoms with Crippen molar-refractivity contribution in [1.82, 2.24) is 0 Å². The molecule has 0 aliphatic heterocycles. The molecule has 1 rings (SSSR count). The van der Waals surface area contributed by atoms with Gasteiger partial charge in [0.1, 0.15) is 11.5 Å². The first-order valence-corrected chi connectivity index (χ1v) is 5.13. The van der Waals surface area contributed by atoms with Crippen molar-refractivity contribution in [3.63, 3.8) is 0 Å². The van der Waals surface area contributed by atoms with E-state index in [0.29, 0.717) is 0 Å². The van der Waals surface area contributed by atoms with Crippen LogP contribution in [0.1, 0.15) is 33.6 Å². The van der Waals surface area contributed by atoms with E-state index in [2.05, 4.69) is 0 Å². The molecule has 0 heterocycles. The van der Waals surface area contributed by atoms with Gasteiger partial charge in [0, 0.05) is 18.3 Å². The molecule has 0 saturated heterocycles. The van der Waals surface area contributed by atoms with Crippen LogP contribution in [0.5, 0.6) is 0 Å². The molecule has 0 aromatic heterocycles. The van der Waals surface area contributed by atoms with Crippen molar-refractivity contribution in [2.45, 2.75) is 39.2 Å². The summed E-state index contributed by atoms with van der Waals surface area (Å²) in [7, 11) is 0. The van der Waals surface area contributed by atoms with Crippen LogP contribution in [0.25, 0.3) is 0 Å². The molecular weight excluding hydrogens is 208 g/mol. The first kappa shape index (κ1) is 12.5. The minimum absolute atomic E-state index is 0.0990. The SMILES string of the molecule is CC1(C)CC(=O)C(C#N)CC1(C)OC(N)=O. The second kappa shape index (κ2) is 3.78. The molecule has 5 heteroatoms. The third-order valence-corrected chi connectivity index (χ3v) is 3.51. The van der Waals surface area contributed by atoms with Gasteiger partial charge in [-0.1, -0.05) is 13.8 Å². The Labute approximate surface area is 94.6 Å². The van der Waals surface area contributed by atoms with Gasteiger partial charge in [0.2, 0.25) is 0 Å². The Morgan fingerprint density at radius 1 is 1.56 bits per heavy atom. The summed E-state index contributed by atoms with van der Waals surface area (Å²) in [5.74, 6) is -0.810. The summed E-state index contributed by atoms with van der Waals surface area (Å²) in [4.78, 5) is 22.5. The van der Waals surface area contributed by atoms with Gasteiger partial charge in [-0.15, -0.1) is 0 Å². The second-order valence-corrected chi connectivity index (χ2v) is 5.06. The third kappa shape index (κ3) is 2.01. The molecule has 2 atom stereocenters. The zero-order valence-electron chi connectivity index (χ0n) is 9.74. The van der Waals surface area contributed by atoms with E-state index < -0.39 is 23.0 Å². The smallest absolute Gasteiger partial charge is 0.405 e. The van der Waals surface area contributed by atoms with Gasteiger partial charge in [-0.05, 0) is 6.92 Å². The summed E-state index contributed by atoms with van der Waals surface area (Å²) < 4.78 is 5.11. The van der Waals surface area contributed by atoms with Crippen LogP contribution in [0.2, 0.25) is 0 Å². The summed E-state index contributed by atoms with van der Waals surface area (Å²) in [5.41, 5.74) is 3.65. The summed E-state index contributed by atoms with van der Waals surface area (Å²) in [6, 6.07) is 1.94. The number of carbonyl (C=O) groups excluding carboxylic acids is 2. The van der Waals surface area contributed by atoms with Crippen LogP contribution < -0.4 is 5.73 Å². The molecule has 0 aromatic rings. The standard InChI is InChI=1S/C11H16N2O3/c1-10(2)5-8(14)7(6-12)4-11(10,3)16-9(13)15/h7H,4-5H2,1-3H3,(H2,13,15). The molecule has 0 spiro atoms. The zero-order valence-corrected chi connectivity index (χ0v) is 9.74. The molecule has 0 bridgehead atoms. The number of carbonyl (C=O) groups is 2. The van der Waals surface area contributed by atoms with Gasteiger partial charge in [-0.2, -0.15) is 5.26 Å². The van der Waals surface area contributed by atoms with Crippen molar-refractivity contribution in [2.24, 2.45) is 17.1 Å². The number of amides is 1. The predicted molar refractivity (Wildman–Crippen MR) is 56.2 cm³/mol. The van der Waals surface area contributed by atoms with Gasteiger partial charge in [-0.3, -0.25) is 4.79 Å². The fraction of sp³-hybridized carbons (Fsp3) is 0.727. The van der Waals surface area contributed by atoms with E-state index >= 15 is 0 Å². The number of nitrogens with two attached hydrogens (primary N) is 1. The highest BCUT2D eigenvalue weighted by atomic mass is 16.6. The van der Waals surface area contributed by atoms with Gasteiger partial charge in [0.05, 0.1) is 6.07 Å². The number of primary amides is 1. The van der Waals surface area contributed by atoms with Crippen molar-refractivity contribution in [3.8, 4) is 6.07 Å².